The molecule has 100 heavy (non-hydrogen) atoms. The molecular weight excluding hydrogens is 1360 g/mol. The topological polar surface area (TPSA) is 308 Å². The van der Waals surface area contributed by atoms with E-state index in [1.54, 1.807) is 127 Å². The van der Waals surface area contributed by atoms with E-state index in [4.69, 9.17) is 27.8 Å². The molecule has 1 unspecified atom stereocenters. The van der Waals surface area contributed by atoms with Crippen molar-refractivity contribution in [1.82, 2.24) is 41.0 Å². The van der Waals surface area contributed by atoms with Crippen LogP contribution in [-0.2, 0) is 73.2 Å². The van der Waals surface area contributed by atoms with Crippen LogP contribution >= 0.6 is 0 Å². The van der Waals surface area contributed by atoms with Gasteiger partial charge in [-0.2, -0.15) is 0 Å². The lowest BCUT2D eigenvalue weighted by Crippen LogP contribution is -2.49. The normalized spacial score (nSPS) is 16.4. The maximum absolute atomic E-state index is 16.0. The number of methoxy groups -OCH3 is 2. The number of aromatic nitrogens is 6. The molecule has 8 aromatic rings. The molecule has 2 aliphatic rings. The minimum absolute atomic E-state index is 0.272. The number of carbonyl (C=O) groups is 4. The van der Waals surface area contributed by atoms with E-state index in [1.807, 2.05) is 0 Å². The van der Waals surface area contributed by atoms with Gasteiger partial charge in [-0.1, -0.05) is 48.5 Å². The maximum atomic E-state index is 16.0. The van der Waals surface area contributed by atoms with E-state index in [9.17, 15) is 36.0 Å². The molecule has 4 amide bonds. The number of pyridine rings is 2. The quantitative estimate of drug-likeness (QED) is 0.0849. The third-order valence-corrected chi connectivity index (χ3v) is 20.3. The number of alkyl halides is 4. The number of rotatable bonds is 16. The molecule has 10 rings (SSSR count). The van der Waals surface area contributed by atoms with Crippen molar-refractivity contribution >= 4 is 55.1 Å². The van der Waals surface area contributed by atoms with Crippen LogP contribution in [0.4, 0.5) is 47.3 Å². The molecule has 0 aliphatic carbocycles. The number of benzene rings is 4. The molecule has 2 aliphatic heterocycles. The third kappa shape index (κ3) is 16.3. The summed E-state index contributed by atoms with van der Waals surface area (Å²) in [5.41, 5.74) is -1.56. The van der Waals surface area contributed by atoms with Crippen molar-refractivity contribution in [3.05, 3.63) is 155 Å². The van der Waals surface area contributed by atoms with Gasteiger partial charge in [-0.3, -0.25) is 19.6 Å². The second kappa shape index (κ2) is 27.6. The van der Waals surface area contributed by atoms with Gasteiger partial charge in [0.25, 0.3) is 23.6 Å². The number of alkyl carbamates (subject to hydrolysis) is 2. The molecule has 0 saturated carbocycles. The number of ether oxygens (including phenoxy) is 4. The molecule has 0 bridgehead atoms. The number of anilines is 2. The van der Waals surface area contributed by atoms with Gasteiger partial charge in [0.05, 0.1) is 73.6 Å². The van der Waals surface area contributed by atoms with Crippen molar-refractivity contribution < 1.29 is 90.1 Å². The predicted molar refractivity (Wildman–Crippen MR) is 353 cm³/mol. The highest BCUT2D eigenvalue weighted by molar-refractivity contribution is 7.91. The van der Waals surface area contributed by atoms with Gasteiger partial charge in [0.1, 0.15) is 55.9 Å². The molecule has 2 atom stereocenters. The van der Waals surface area contributed by atoms with E-state index >= 15 is 26.3 Å². The summed E-state index contributed by atoms with van der Waals surface area (Å²) in [5.74, 6) is -12.4. The van der Waals surface area contributed by atoms with Gasteiger partial charge in [0.2, 0.25) is 23.6 Å². The molecular formula is C68H72F6N10O14S2. The first-order valence-electron chi connectivity index (χ1n) is 30.7. The van der Waals surface area contributed by atoms with Crippen molar-refractivity contribution in [2.24, 2.45) is 0 Å². The minimum Gasteiger partial charge on any atom is -0.495 e. The molecule has 4 aromatic carbocycles. The lowest BCUT2D eigenvalue weighted by Gasteiger charge is -2.27. The summed E-state index contributed by atoms with van der Waals surface area (Å²) in [6, 6.07) is 20.2. The van der Waals surface area contributed by atoms with Crippen molar-refractivity contribution in [3.8, 4) is 56.9 Å². The third-order valence-electron chi connectivity index (χ3n) is 16.3. The largest absolute Gasteiger partial charge is 0.495 e. The number of carbonyl (C=O) groups excluding carboxylic acids is 4. The van der Waals surface area contributed by atoms with Crippen LogP contribution in [0, 0.1) is 11.6 Å². The fraction of sp³-hybridized carbons (Fsp3) is 0.382. The lowest BCUT2D eigenvalue weighted by atomic mass is 9.99. The predicted octanol–water partition coefficient (Wildman–Crippen LogP) is 12.3. The summed E-state index contributed by atoms with van der Waals surface area (Å²) in [7, 11) is -4.49. The first-order valence-corrected chi connectivity index (χ1v) is 34.5. The number of nitrogens with one attached hydrogen (secondary N) is 2. The van der Waals surface area contributed by atoms with E-state index in [2.05, 4.69) is 41.0 Å². The molecule has 24 nitrogen and oxygen atoms in total. The molecule has 2 N–H and O–H groups in total. The number of amides is 4. The Labute approximate surface area is 572 Å². The van der Waals surface area contributed by atoms with Gasteiger partial charge in [-0.25, -0.2) is 52.8 Å². The Morgan fingerprint density at radius 3 is 1.17 bits per heavy atom. The summed E-state index contributed by atoms with van der Waals surface area (Å²) >= 11 is 0. The zero-order valence-electron chi connectivity index (χ0n) is 56.8. The molecule has 0 radical (unpaired) electrons. The standard InChI is InChI=1S/2C34H36F3N5O7S/c2*1-32(2,3)49-31(44)39-26-16-34(36,37)23-15-24(35)22(28-40-41-30(48-28)33(4,5)50(7,45)46)14-27(23)42(29(26)43)18-19-8-10-20(11-9-19)25-13-12-21(47-6)17-38-25/h2*8-15,17,26H,16,18H2,1-7H3,(H,39,44)/t26-;/m1./s1. The van der Waals surface area contributed by atoms with Crippen molar-refractivity contribution in [3.63, 3.8) is 0 Å². The molecule has 6 heterocycles. The van der Waals surface area contributed by atoms with Gasteiger partial charge in [0.15, 0.2) is 19.7 Å². The van der Waals surface area contributed by atoms with Gasteiger partial charge < -0.3 is 48.2 Å². The molecule has 32 heteroatoms. The second-order valence-corrected chi connectivity index (χ2v) is 31.8. The fourth-order valence-electron chi connectivity index (χ4n) is 10.2. The highest BCUT2D eigenvalue weighted by atomic mass is 32.2. The summed E-state index contributed by atoms with van der Waals surface area (Å²) < 4.78 is 173. The molecule has 532 valence electrons. The van der Waals surface area contributed by atoms with Crippen LogP contribution in [0.2, 0.25) is 0 Å². The zero-order valence-corrected chi connectivity index (χ0v) is 58.4. The molecule has 4 aromatic heterocycles. The van der Waals surface area contributed by atoms with Gasteiger partial charge in [-0.15, -0.1) is 20.4 Å². The Balaban J connectivity index is 0.000000233. The second-order valence-electron chi connectivity index (χ2n) is 26.7. The SMILES string of the molecule is COc1ccc(-c2ccc(CN3C(=O)C(NC(=O)OC(C)(C)C)CC(F)(F)c4cc(F)c(-c5nnc(C(C)(C)S(C)(=O)=O)o5)cc43)cc2)nc1.COc1ccc(-c2ccc(CN3C(=O)[C@H](NC(=O)OC(C)(C)C)CC(F)(F)c4cc(F)c(-c5nnc(C(C)(C)S(C)(=O)=O)o5)cc43)cc2)nc1. The average Bonchev–Trinajstić information content (AvgIpc) is 1.56. The first-order chi connectivity index (χ1) is 46.4. The monoisotopic (exact) mass is 1430 g/mol. The van der Waals surface area contributed by atoms with Gasteiger partial charge in [-0.05, 0) is 129 Å². The Bertz CT molecular complexity index is 4350. The van der Waals surface area contributed by atoms with Gasteiger partial charge >= 0.3 is 12.2 Å². The van der Waals surface area contributed by atoms with Crippen LogP contribution < -0.4 is 29.9 Å². The fourth-order valence-corrected chi connectivity index (χ4v) is 11.0. The Hall–Kier alpha value is -9.98. The van der Waals surface area contributed by atoms with Gasteiger partial charge in [0, 0.05) is 47.6 Å². The highest BCUT2D eigenvalue weighted by Crippen LogP contribution is 2.48. The number of hydrogen-bond donors (Lipinski definition) is 2. The number of halogens is 6. The number of sulfone groups is 2. The van der Waals surface area contributed by atoms with E-state index in [0.717, 1.165) is 45.6 Å². The van der Waals surface area contributed by atoms with Crippen LogP contribution in [0.3, 0.4) is 0 Å². The Morgan fingerprint density at radius 1 is 0.540 bits per heavy atom. The summed E-state index contributed by atoms with van der Waals surface area (Å²) in [4.78, 5) is 64.4. The van der Waals surface area contributed by atoms with Crippen LogP contribution in [0.5, 0.6) is 11.5 Å². The lowest BCUT2D eigenvalue weighted by molar-refractivity contribution is -0.123. The molecule has 0 spiro atoms. The van der Waals surface area contributed by atoms with E-state index in [1.165, 1.54) is 41.9 Å². The minimum atomic E-state index is -3.82. The average molecular weight is 1430 g/mol. The zero-order chi connectivity index (χ0) is 73.6. The van der Waals surface area contributed by atoms with E-state index < -0.39 is 147 Å². The Morgan fingerprint density at radius 2 is 0.880 bits per heavy atom. The smallest absolute Gasteiger partial charge is 0.408 e. The van der Waals surface area contributed by atoms with Crippen LogP contribution in [0.25, 0.3) is 45.4 Å². The summed E-state index contributed by atoms with van der Waals surface area (Å²) in [5, 5.41) is 19.7. The van der Waals surface area contributed by atoms with E-state index in [-0.39, 0.29) is 36.2 Å². The van der Waals surface area contributed by atoms with E-state index in [0.29, 0.717) is 46.1 Å². The molecule has 0 saturated heterocycles. The number of hydrogen-bond acceptors (Lipinski definition) is 20. The number of nitrogens with zero attached hydrogens (tertiary/aromatic N) is 8. The first kappa shape index (κ1) is 74.2. The maximum Gasteiger partial charge on any atom is 0.408 e. The van der Waals surface area contributed by atoms with Crippen LogP contribution in [-0.4, -0.2) is 121 Å². The van der Waals surface area contributed by atoms with Crippen molar-refractivity contribution in [2.45, 2.75) is 140 Å². The van der Waals surface area contributed by atoms with Crippen LogP contribution in [0.15, 0.2) is 118 Å². The summed E-state index contributed by atoms with van der Waals surface area (Å²) in [6.07, 6.45) is 0.477. The van der Waals surface area contributed by atoms with Crippen molar-refractivity contribution in [1.29, 1.82) is 0 Å². The van der Waals surface area contributed by atoms with Crippen LogP contribution in [0.1, 0.15) is 116 Å². The summed E-state index contributed by atoms with van der Waals surface area (Å²) in [6.45, 7) is 14.2. The van der Waals surface area contributed by atoms with Crippen molar-refractivity contribution in [2.75, 3.05) is 36.5 Å². The highest BCUT2D eigenvalue weighted by Gasteiger charge is 2.50. The Kier molecular flexibility index (Phi) is 20.5. The molecule has 0 fully saturated rings. The number of fused-ring (bicyclic) bond motifs is 2.